The third-order valence-electron chi connectivity index (χ3n) is 12.0. The molecule has 0 bridgehead atoms. The zero-order valence-electron chi connectivity index (χ0n) is 42.7. The van der Waals surface area contributed by atoms with E-state index in [4.69, 9.17) is 9.05 Å². The van der Waals surface area contributed by atoms with Gasteiger partial charge in [-0.25, -0.2) is 0 Å². The van der Waals surface area contributed by atoms with Crippen LogP contribution in [0.15, 0.2) is 48.6 Å². The van der Waals surface area contributed by atoms with Crippen molar-refractivity contribution in [2.45, 2.75) is 257 Å². The summed E-state index contributed by atoms with van der Waals surface area (Å²) in [5, 5.41) is 13.9. The molecule has 0 fully saturated rings. The maximum atomic E-state index is 12.9. The van der Waals surface area contributed by atoms with Gasteiger partial charge in [-0.1, -0.05) is 229 Å². The number of hydrogen-bond donors (Lipinski definition) is 2. The van der Waals surface area contributed by atoms with Gasteiger partial charge < -0.3 is 28.8 Å². The van der Waals surface area contributed by atoms with Crippen molar-refractivity contribution in [1.82, 2.24) is 5.32 Å². The third kappa shape index (κ3) is 48.4. The summed E-state index contributed by atoms with van der Waals surface area (Å²) in [5.41, 5.74) is 0. The summed E-state index contributed by atoms with van der Waals surface area (Å²) in [6.45, 7) is 4.63. The van der Waals surface area contributed by atoms with Gasteiger partial charge in [-0.15, -0.1) is 0 Å². The summed E-state index contributed by atoms with van der Waals surface area (Å²) in [4.78, 5) is 25.4. The van der Waals surface area contributed by atoms with Crippen molar-refractivity contribution in [2.24, 2.45) is 0 Å². The van der Waals surface area contributed by atoms with Crippen molar-refractivity contribution in [3.63, 3.8) is 0 Å². The Morgan fingerprint density at radius 1 is 0.547 bits per heavy atom. The molecule has 0 aliphatic rings. The summed E-state index contributed by atoms with van der Waals surface area (Å²) < 4.78 is 23.3. The summed E-state index contributed by atoms with van der Waals surface area (Å²) in [5.74, 6) is -0.209. The maximum absolute atomic E-state index is 12.9. The predicted molar refractivity (Wildman–Crippen MR) is 274 cm³/mol. The van der Waals surface area contributed by atoms with E-state index < -0.39 is 20.0 Å². The molecule has 64 heavy (non-hydrogen) atoms. The van der Waals surface area contributed by atoms with Crippen LogP contribution in [0.3, 0.4) is 0 Å². The third-order valence-corrected chi connectivity index (χ3v) is 13.0. The molecule has 0 aromatic rings. The van der Waals surface area contributed by atoms with Crippen molar-refractivity contribution in [3.05, 3.63) is 48.6 Å². The second kappa shape index (κ2) is 46.6. The average molecular weight is 921 g/mol. The van der Waals surface area contributed by atoms with E-state index in [0.717, 1.165) is 64.2 Å². The minimum atomic E-state index is -4.60. The maximum Gasteiger partial charge on any atom is 0.268 e. The van der Waals surface area contributed by atoms with Crippen LogP contribution in [0.1, 0.15) is 245 Å². The number of quaternary nitrogens is 1. The number of rotatable bonds is 49. The van der Waals surface area contributed by atoms with Crippen molar-refractivity contribution < 1.29 is 32.9 Å². The topological polar surface area (TPSA) is 108 Å². The molecule has 0 spiro atoms. The molecule has 3 atom stereocenters. The first-order valence-corrected chi connectivity index (χ1v) is 28.5. The van der Waals surface area contributed by atoms with Crippen LogP contribution in [0.2, 0.25) is 0 Å². The number of nitrogens with one attached hydrogen (secondary N) is 1. The number of carbonyl (C=O) groups is 1. The zero-order chi connectivity index (χ0) is 47.1. The lowest BCUT2D eigenvalue weighted by molar-refractivity contribution is -0.870. The van der Waals surface area contributed by atoms with Crippen molar-refractivity contribution >= 4 is 13.7 Å². The van der Waals surface area contributed by atoms with E-state index in [-0.39, 0.29) is 19.1 Å². The molecule has 1 amide bonds. The average Bonchev–Trinajstić information content (AvgIpc) is 3.25. The smallest absolute Gasteiger partial charge is 0.268 e. The van der Waals surface area contributed by atoms with Crippen molar-refractivity contribution in [2.75, 3.05) is 40.9 Å². The highest BCUT2D eigenvalue weighted by atomic mass is 31.2. The molecule has 0 radical (unpaired) electrons. The van der Waals surface area contributed by atoms with Crippen molar-refractivity contribution in [3.8, 4) is 0 Å². The zero-order valence-corrected chi connectivity index (χ0v) is 43.6. The Balaban J connectivity index is 4.30. The number of unbranched alkanes of at least 4 members (excludes halogenated alkanes) is 30. The quantitative estimate of drug-likeness (QED) is 0.0272. The van der Waals surface area contributed by atoms with Gasteiger partial charge in [0.25, 0.3) is 7.82 Å². The Hall–Kier alpha value is -1.54. The molecule has 376 valence electrons. The van der Waals surface area contributed by atoms with Crippen LogP contribution in [0.25, 0.3) is 0 Å². The van der Waals surface area contributed by atoms with Crippen LogP contribution in [0.4, 0.5) is 0 Å². The Bertz CT molecular complexity index is 1180. The highest BCUT2D eigenvalue weighted by Gasteiger charge is 2.23. The number of aliphatic hydroxyl groups excluding tert-OH is 1. The highest BCUT2D eigenvalue weighted by molar-refractivity contribution is 7.45. The highest BCUT2D eigenvalue weighted by Crippen LogP contribution is 2.38. The molecule has 0 heterocycles. The lowest BCUT2D eigenvalue weighted by atomic mass is 10.0. The first-order valence-electron chi connectivity index (χ1n) is 27.0. The van der Waals surface area contributed by atoms with E-state index in [0.29, 0.717) is 17.4 Å². The van der Waals surface area contributed by atoms with E-state index in [1.54, 1.807) is 6.08 Å². The fourth-order valence-corrected chi connectivity index (χ4v) is 8.47. The molecule has 0 aliphatic heterocycles. The molecular formula is C55H105N2O6P. The predicted octanol–water partition coefficient (Wildman–Crippen LogP) is 15.3. The number of phosphoric acid groups is 1. The van der Waals surface area contributed by atoms with E-state index in [1.165, 1.54) is 161 Å². The molecule has 0 aliphatic carbocycles. The number of amides is 1. The Morgan fingerprint density at radius 2 is 0.906 bits per heavy atom. The first kappa shape index (κ1) is 62.5. The monoisotopic (exact) mass is 921 g/mol. The van der Waals surface area contributed by atoms with E-state index in [9.17, 15) is 19.4 Å². The van der Waals surface area contributed by atoms with Gasteiger partial charge >= 0.3 is 0 Å². The summed E-state index contributed by atoms with van der Waals surface area (Å²) >= 11 is 0. The number of aliphatic hydroxyl groups is 1. The normalized spacial score (nSPS) is 14.4. The van der Waals surface area contributed by atoms with Crippen LogP contribution in [0, 0.1) is 0 Å². The number of allylic oxidation sites excluding steroid dienone is 7. The number of nitrogens with zero attached hydrogens (tertiary/aromatic N) is 1. The fourth-order valence-electron chi connectivity index (χ4n) is 7.75. The fraction of sp³-hybridized carbons (Fsp3) is 0.836. The minimum absolute atomic E-state index is 0.00482. The summed E-state index contributed by atoms with van der Waals surface area (Å²) in [7, 11) is 1.25. The lowest BCUT2D eigenvalue weighted by Gasteiger charge is -2.29. The molecule has 3 unspecified atom stereocenters. The van der Waals surface area contributed by atoms with Gasteiger partial charge in [0.2, 0.25) is 5.91 Å². The van der Waals surface area contributed by atoms with Gasteiger partial charge in [0.05, 0.1) is 39.9 Å². The van der Waals surface area contributed by atoms with Gasteiger partial charge in [0, 0.05) is 6.42 Å². The van der Waals surface area contributed by atoms with Crippen LogP contribution < -0.4 is 10.2 Å². The summed E-state index contributed by atoms with van der Waals surface area (Å²) in [6, 6.07) is -0.895. The SMILES string of the molecule is CCCCC/C=C\C/C=C\C/C=C\CCCCCCCCC(=O)NC(COP(=O)([O-])OCC[N+](C)(C)C)C(O)/C=C/CCCCCCCCCCCCCCCCCCCCCCC. The number of likely N-dealkylation sites (N-methyl/N-ethyl adjacent to an activating group) is 1. The molecule has 0 saturated carbocycles. The second-order valence-electron chi connectivity index (χ2n) is 19.6. The van der Waals surface area contributed by atoms with Crippen LogP contribution in [0.5, 0.6) is 0 Å². The van der Waals surface area contributed by atoms with Crippen LogP contribution in [-0.4, -0.2) is 68.5 Å². The van der Waals surface area contributed by atoms with E-state index in [1.807, 2.05) is 27.2 Å². The van der Waals surface area contributed by atoms with Crippen LogP contribution >= 0.6 is 7.82 Å². The lowest BCUT2D eigenvalue weighted by Crippen LogP contribution is -2.45. The Kier molecular flexibility index (Phi) is 45.4. The van der Waals surface area contributed by atoms with Gasteiger partial charge in [0.15, 0.2) is 0 Å². The number of carbonyl (C=O) groups excluding carboxylic acids is 1. The Morgan fingerprint density at radius 3 is 1.34 bits per heavy atom. The number of hydrogen-bond acceptors (Lipinski definition) is 6. The van der Waals surface area contributed by atoms with Crippen molar-refractivity contribution in [1.29, 1.82) is 0 Å². The van der Waals surface area contributed by atoms with Crippen LogP contribution in [-0.2, 0) is 18.4 Å². The van der Waals surface area contributed by atoms with Gasteiger partial charge in [-0.05, 0) is 57.8 Å². The molecule has 8 nitrogen and oxygen atoms in total. The number of phosphoric ester groups is 1. The second-order valence-corrected chi connectivity index (χ2v) is 21.0. The van der Waals surface area contributed by atoms with Gasteiger partial charge in [-0.3, -0.25) is 9.36 Å². The molecule has 9 heteroatoms. The molecule has 0 saturated heterocycles. The standard InChI is InChI=1S/C55H105N2O6P/c1-6-8-10-12-14-16-18-20-22-24-26-27-28-29-31-32-34-36-38-40-42-44-46-48-54(58)53(52-63-64(60,61)62-51-50-57(3,4)5)56-55(59)49-47-45-43-41-39-37-35-33-30-25-23-21-19-17-15-13-11-9-7-2/h15,17,21,23,30,33,46,48,53-54,58H,6-14,16,18-20,22,24-29,31-32,34-45,47,49-52H2,1-5H3,(H-,56,59,60,61)/b17-15-,23-21-,33-30-,48-46+. The first-order chi connectivity index (χ1) is 31.0. The largest absolute Gasteiger partial charge is 0.756 e. The molecule has 0 aromatic carbocycles. The Labute approximate surface area is 397 Å². The molecule has 0 rings (SSSR count). The van der Waals surface area contributed by atoms with Gasteiger partial charge in [0.1, 0.15) is 13.2 Å². The molecular weight excluding hydrogens is 816 g/mol. The minimum Gasteiger partial charge on any atom is -0.756 e. The van der Waals surface area contributed by atoms with E-state index in [2.05, 4.69) is 55.6 Å². The molecule has 2 N–H and O–H groups in total. The van der Waals surface area contributed by atoms with E-state index >= 15 is 0 Å². The molecule has 0 aromatic heterocycles. The summed E-state index contributed by atoms with van der Waals surface area (Å²) in [6.07, 6.45) is 60.3. The van der Waals surface area contributed by atoms with Gasteiger partial charge in [-0.2, -0.15) is 0 Å².